The summed E-state index contributed by atoms with van der Waals surface area (Å²) in [7, 11) is 0. The van der Waals surface area contributed by atoms with Crippen LogP contribution < -0.4 is 10.1 Å². The molecule has 0 unspecified atom stereocenters. The topological polar surface area (TPSA) is 84.0 Å². The molecule has 0 saturated heterocycles. The van der Waals surface area contributed by atoms with Crippen LogP contribution >= 0.6 is 0 Å². The summed E-state index contributed by atoms with van der Waals surface area (Å²) in [5.41, 5.74) is 4.78. The van der Waals surface area contributed by atoms with Gasteiger partial charge in [0.25, 0.3) is 5.89 Å². The molecule has 3 aromatic rings. The first-order valence-corrected chi connectivity index (χ1v) is 10.9. The third-order valence-electron chi connectivity index (χ3n) is 5.75. The Morgan fingerprint density at radius 2 is 2.10 bits per heavy atom. The zero-order valence-electron chi connectivity index (χ0n) is 18.5. The molecule has 4 rings (SSSR count). The highest BCUT2D eigenvalue weighted by molar-refractivity contribution is 5.67. The Labute approximate surface area is 183 Å². The van der Waals surface area contributed by atoms with Crippen molar-refractivity contribution in [3.8, 4) is 34.7 Å². The van der Waals surface area contributed by atoms with Gasteiger partial charge in [-0.1, -0.05) is 30.3 Å². The van der Waals surface area contributed by atoms with Crippen molar-refractivity contribution in [2.75, 3.05) is 0 Å². The number of ether oxygens (including phenoxy) is 1. The Balaban J connectivity index is 1.63. The molecule has 31 heavy (non-hydrogen) atoms. The number of nitriles is 1. The Hall–Kier alpha value is -3.17. The highest BCUT2D eigenvalue weighted by Gasteiger charge is 2.27. The number of nitrogens with one attached hydrogen (secondary N) is 1. The van der Waals surface area contributed by atoms with E-state index in [9.17, 15) is 5.26 Å². The van der Waals surface area contributed by atoms with Gasteiger partial charge in [-0.25, -0.2) is 0 Å². The maximum atomic E-state index is 9.49. The fourth-order valence-electron chi connectivity index (χ4n) is 4.06. The first-order valence-electron chi connectivity index (χ1n) is 10.9. The van der Waals surface area contributed by atoms with Crippen LogP contribution in [0.4, 0.5) is 0 Å². The first-order chi connectivity index (χ1) is 15.0. The predicted octanol–water partition coefficient (Wildman–Crippen LogP) is 5.44. The van der Waals surface area contributed by atoms with Crippen molar-refractivity contribution in [2.45, 2.75) is 65.1 Å². The minimum atomic E-state index is -0.00763. The molecular formula is C25H28N4O2. The van der Waals surface area contributed by atoms with E-state index in [1.54, 1.807) is 12.1 Å². The lowest BCUT2D eigenvalue weighted by atomic mass is 10.0. The van der Waals surface area contributed by atoms with Crippen LogP contribution in [-0.2, 0) is 6.42 Å². The quantitative estimate of drug-likeness (QED) is 0.552. The predicted molar refractivity (Wildman–Crippen MR) is 120 cm³/mol. The normalized spacial score (nSPS) is 16.2. The van der Waals surface area contributed by atoms with E-state index in [0.717, 1.165) is 24.8 Å². The van der Waals surface area contributed by atoms with Gasteiger partial charge in [-0.15, -0.1) is 0 Å². The maximum absolute atomic E-state index is 9.49. The molecule has 1 aromatic heterocycles. The number of hydrogen-bond acceptors (Lipinski definition) is 6. The summed E-state index contributed by atoms with van der Waals surface area (Å²) in [6.45, 7) is 8.28. The van der Waals surface area contributed by atoms with Crippen molar-refractivity contribution >= 4 is 0 Å². The molecule has 1 N–H and O–H groups in total. The Kier molecular flexibility index (Phi) is 6.06. The van der Waals surface area contributed by atoms with Crippen molar-refractivity contribution in [2.24, 2.45) is 0 Å². The molecule has 1 aliphatic carbocycles. The van der Waals surface area contributed by atoms with E-state index < -0.39 is 0 Å². The molecule has 0 radical (unpaired) electrons. The Morgan fingerprint density at radius 1 is 1.26 bits per heavy atom. The van der Waals surface area contributed by atoms with Crippen molar-refractivity contribution in [3.05, 3.63) is 53.1 Å². The van der Waals surface area contributed by atoms with E-state index >= 15 is 0 Å². The van der Waals surface area contributed by atoms with Gasteiger partial charge in [-0.3, -0.25) is 0 Å². The third-order valence-corrected chi connectivity index (χ3v) is 5.75. The molecule has 0 saturated carbocycles. The van der Waals surface area contributed by atoms with Gasteiger partial charge in [0, 0.05) is 23.2 Å². The Morgan fingerprint density at radius 3 is 2.84 bits per heavy atom. The molecule has 0 spiro atoms. The average Bonchev–Trinajstić information content (AvgIpc) is 3.41. The van der Waals surface area contributed by atoms with Crippen molar-refractivity contribution in [1.82, 2.24) is 15.5 Å². The van der Waals surface area contributed by atoms with Crippen LogP contribution in [0.1, 0.15) is 63.3 Å². The van der Waals surface area contributed by atoms with Gasteiger partial charge in [0.2, 0.25) is 5.82 Å². The molecule has 1 aliphatic rings. The van der Waals surface area contributed by atoms with E-state index in [4.69, 9.17) is 9.26 Å². The van der Waals surface area contributed by atoms with Crippen LogP contribution in [0.3, 0.4) is 0 Å². The van der Waals surface area contributed by atoms with E-state index in [1.165, 1.54) is 11.1 Å². The van der Waals surface area contributed by atoms with Crippen LogP contribution in [0.2, 0.25) is 0 Å². The molecule has 0 fully saturated rings. The van der Waals surface area contributed by atoms with Gasteiger partial charge in [0.15, 0.2) is 0 Å². The van der Waals surface area contributed by atoms with Gasteiger partial charge >= 0.3 is 0 Å². The summed E-state index contributed by atoms with van der Waals surface area (Å²) in [5, 5.41) is 17.5. The van der Waals surface area contributed by atoms with Crippen molar-refractivity contribution < 1.29 is 9.26 Å². The van der Waals surface area contributed by atoms with Crippen molar-refractivity contribution in [1.29, 1.82) is 5.26 Å². The lowest BCUT2D eigenvalue weighted by Gasteiger charge is -2.19. The number of fused-ring (bicyclic) bond motifs is 1. The number of benzene rings is 2. The van der Waals surface area contributed by atoms with Crippen LogP contribution in [-0.4, -0.2) is 22.3 Å². The molecule has 6 heteroatoms. The van der Waals surface area contributed by atoms with Gasteiger partial charge in [0.05, 0.1) is 11.7 Å². The molecule has 0 amide bonds. The Bertz CT molecular complexity index is 1110. The number of nitrogens with zero attached hydrogens (tertiary/aromatic N) is 3. The number of aromatic nitrogens is 2. The highest BCUT2D eigenvalue weighted by atomic mass is 16.5. The van der Waals surface area contributed by atoms with Gasteiger partial charge in [-0.05, 0) is 69.4 Å². The van der Waals surface area contributed by atoms with Crippen LogP contribution in [0, 0.1) is 11.3 Å². The summed E-state index contributed by atoms with van der Waals surface area (Å²) in [6, 6.07) is 14.7. The monoisotopic (exact) mass is 416 g/mol. The summed E-state index contributed by atoms with van der Waals surface area (Å²) in [5.74, 6) is 1.53. The molecule has 1 heterocycles. The van der Waals surface area contributed by atoms with Gasteiger partial charge in [0.1, 0.15) is 11.8 Å². The second-order valence-corrected chi connectivity index (χ2v) is 8.35. The van der Waals surface area contributed by atoms with Crippen LogP contribution in [0.15, 0.2) is 40.9 Å². The van der Waals surface area contributed by atoms with E-state index in [-0.39, 0.29) is 6.10 Å². The first kappa shape index (κ1) is 21.1. The summed E-state index contributed by atoms with van der Waals surface area (Å²) < 4.78 is 11.3. The molecule has 2 atom stereocenters. The van der Waals surface area contributed by atoms with Gasteiger partial charge < -0.3 is 14.6 Å². The second kappa shape index (κ2) is 8.91. The maximum Gasteiger partial charge on any atom is 0.258 e. The standard InChI is InChI=1S/C25H28N4O2/c1-5-16(4)27-22-11-10-19-20(22)7-6-8-21(19)24-28-25(31-29-24)17-9-12-23(30-15(2)3)18(13-17)14-26/h6-9,12-13,15-16,22,27H,5,10-11H2,1-4H3/t16-,22-/m1/s1. The van der Waals surface area contributed by atoms with E-state index in [1.807, 2.05) is 19.9 Å². The number of hydrogen-bond donors (Lipinski definition) is 1. The van der Waals surface area contributed by atoms with Gasteiger partial charge in [-0.2, -0.15) is 10.2 Å². The highest BCUT2D eigenvalue weighted by Crippen LogP contribution is 2.38. The van der Waals surface area contributed by atoms with Crippen LogP contribution in [0.5, 0.6) is 5.75 Å². The summed E-state index contributed by atoms with van der Waals surface area (Å²) >= 11 is 0. The second-order valence-electron chi connectivity index (χ2n) is 8.35. The fraction of sp³-hybridized carbons (Fsp3) is 0.400. The lowest BCUT2D eigenvalue weighted by molar-refractivity contribution is 0.241. The van der Waals surface area contributed by atoms with Crippen molar-refractivity contribution in [3.63, 3.8) is 0 Å². The van der Waals surface area contributed by atoms with Crippen LogP contribution in [0.25, 0.3) is 22.8 Å². The molecular weight excluding hydrogens is 388 g/mol. The molecule has 2 aromatic carbocycles. The van der Waals surface area contributed by atoms with E-state index in [0.29, 0.717) is 40.7 Å². The average molecular weight is 417 g/mol. The molecule has 0 bridgehead atoms. The minimum Gasteiger partial charge on any atom is -0.490 e. The molecule has 160 valence electrons. The summed E-state index contributed by atoms with van der Waals surface area (Å²) in [4.78, 5) is 4.65. The zero-order valence-corrected chi connectivity index (χ0v) is 18.5. The SMILES string of the molecule is CC[C@@H](C)N[C@@H]1CCc2c(-c3noc(-c4ccc(OC(C)C)c(C#N)c4)n3)cccc21. The largest absolute Gasteiger partial charge is 0.490 e. The smallest absolute Gasteiger partial charge is 0.258 e. The fourth-order valence-corrected chi connectivity index (χ4v) is 4.06. The minimum absolute atomic E-state index is 0.00763. The summed E-state index contributed by atoms with van der Waals surface area (Å²) in [6.07, 6.45) is 3.16. The third kappa shape index (κ3) is 4.33. The molecule has 0 aliphatic heterocycles. The number of rotatable bonds is 7. The molecule has 6 nitrogen and oxygen atoms in total. The lowest BCUT2D eigenvalue weighted by Crippen LogP contribution is -2.28. The van der Waals surface area contributed by atoms with E-state index in [2.05, 4.69) is 53.6 Å². The zero-order chi connectivity index (χ0) is 22.0.